The third-order valence-corrected chi connectivity index (χ3v) is 2.41. The highest BCUT2D eigenvalue weighted by molar-refractivity contribution is 5.64. The maximum atomic E-state index is 8.76. The Balaban J connectivity index is 2.37. The fourth-order valence-corrected chi connectivity index (χ4v) is 1.37. The molecule has 0 aliphatic carbocycles. The third-order valence-electron chi connectivity index (χ3n) is 2.41. The maximum Gasteiger partial charge on any atom is 0.0445 e. The molecule has 0 aliphatic heterocycles. The summed E-state index contributed by atoms with van der Waals surface area (Å²) >= 11 is 0. The highest BCUT2D eigenvalue weighted by Crippen LogP contribution is 2.10. The van der Waals surface area contributed by atoms with Crippen molar-refractivity contribution in [2.45, 2.75) is 19.4 Å². The smallest absolute Gasteiger partial charge is 0.0445 e. The molecule has 1 aromatic rings. The van der Waals surface area contributed by atoms with Crippen LogP contribution < -0.4 is 5.32 Å². The van der Waals surface area contributed by atoms with Crippen LogP contribution in [-0.2, 0) is 0 Å². The summed E-state index contributed by atoms with van der Waals surface area (Å²) in [6.07, 6.45) is 0.780. The number of nitrogens with one attached hydrogen (secondary N) is 1. The van der Waals surface area contributed by atoms with Crippen LogP contribution in [0.2, 0.25) is 0 Å². The molecule has 0 fully saturated rings. The van der Waals surface area contributed by atoms with Gasteiger partial charge in [-0.3, -0.25) is 0 Å². The molecule has 0 aliphatic rings. The number of hydrogen-bond acceptors (Lipinski definition) is 2. The molecule has 0 spiro atoms. The molecule has 2 heteroatoms. The molecule has 1 unspecified atom stereocenters. The van der Waals surface area contributed by atoms with Crippen LogP contribution in [0.15, 0.2) is 36.9 Å². The van der Waals surface area contributed by atoms with Gasteiger partial charge < -0.3 is 10.4 Å². The van der Waals surface area contributed by atoms with E-state index in [4.69, 9.17) is 5.11 Å². The minimum Gasteiger partial charge on any atom is -0.396 e. The summed E-state index contributed by atoms with van der Waals surface area (Å²) in [4.78, 5) is 0. The van der Waals surface area contributed by atoms with Crippen molar-refractivity contribution in [1.82, 2.24) is 5.32 Å². The quantitative estimate of drug-likeness (QED) is 0.745. The van der Waals surface area contributed by atoms with Crippen LogP contribution in [0.25, 0.3) is 5.57 Å². The Morgan fingerprint density at radius 2 is 2.07 bits per heavy atom. The van der Waals surface area contributed by atoms with E-state index in [1.165, 1.54) is 5.56 Å². The first-order valence-corrected chi connectivity index (χ1v) is 5.31. The Labute approximate surface area is 91.6 Å². The molecule has 1 atom stereocenters. The first kappa shape index (κ1) is 12.0. The summed E-state index contributed by atoms with van der Waals surface area (Å²) in [6, 6.07) is 10.5. The predicted molar refractivity (Wildman–Crippen MR) is 64.6 cm³/mol. The van der Waals surface area contributed by atoms with Gasteiger partial charge in [-0.05, 0) is 24.5 Å². The van der Waals surface area contributed by atoms with E-state index in [0.717, 1.165) is 18.5 Å². The summed E-state index contributed by atoms with van der Waals surface area (Å²) in [5.41, 5.74) is 2.25. The highest BCUT2D eigenvalue weighted by Gasteiger charge is 2.02. The fraction of sp³-hybridized carbons (Fsp3) is 0.385. The van der Waals surface area contributed by atoms with E-state index in [9.17, 15) is 0 Å². The maximum absolute atomic E-state index is 8.76. The normalized spacial score (nSPS) is 12.4. The molecule has 0 aromatic heterocycles. The van der Waals surface area contributed by atoms with Crippen molar-refractivity contribution in [2.24, 2.45) is 0 Å². The highest BCUT2D eigenvalue weighted by atomic mass is 16.3. The van der Waals surface area contributed by atoms with E-state index in [1.54, 1.807) is 0 Å². The number of aliphatic hydroxyl groups is 1. The molecule has 0 amide bonds. The molecule has 0 radical (unpaired) electrons. The Hall–Kier alpha value is -1.12. The van der Waals surface area contributed by atoms with E-state index in [2.05, 4.69) is 31.0 Å². The molecular formula is C13H19NO. The second-order valence-electron chi connectivity index (χ2n) is 3.76. The fourth-order valence-electron chi connectivity index (χ4n) is 1.37. The molecule has 2 N–H and O–H groups in total. The molecule has 82 valence electrons. The predicted octanol–water partition coefficient (Wildman–Crippen LogP) is 2.06. The van der Waals surface area contributed by atoms with Crippen LogP contribution in [0.5, 0.6) is 0 Å². The average molecular weight is 205 g/mol. The van der Waals surface area contributed by atoms with Crippen molar-refractivity contribution in [3.63, 3.8) is 0 Å². The lowest BCUT2D eigenvalue weighted by Gasteiger charge is -2.13. The molecule has 15 heavy (non-hydrogen) atoms. The van der Waals surface area contributed by atoms with Crippen LogP contribution >= 0.6 is 0 Å². The SMILES string of the molecule is C=C(CNC(C)CCO)c1ccccc1. The molecule has 2 nitrogen and oxygen atoms in total. The van der Waals surface area contributed by atoms with Crippen LogP contribution in [0.3, 0.4) is 0 Å². The van der Waals surface area contributed by atoms with Crippen molar-refractivity contribution in [3.8, 4) is 0 Å². The van der Waals surface area contributed by atoms with Gasteiger partial charge in [0.05, 0.1) is 0 Å². The number of benzene rings is 1. The first-order valence-electron chi connectivity index (χ1n) is 5.31. The summed E-state index contributed by atoms with van der Waals surface area (Å²) in [6.45, 7) is 7.09. The molecule has 0 bridgehead atoms. The van der Waals surface area contributed by atoms with E-state index in [1.807, 2.05) is 18.2 Å². The van der Waals surface area contributed by atoms with Gasteiger partial charge in [-0.2, -0.15) is 0 Å². The van der Waals surface area contributed by atoms with Gasteiger partial charge in [-0.1, -0.05) is 36.9 Å². The summed E-state index contributed by atoms with van der Waals surface area (Å²) < 4.78 is 0. The second-order valence-corrected chi connectivity index (χ2v) is 3.76. The van der Waals surface area contributed by atoms with Crippen molar-refractivity contribution >= 4 is 5.57 Å². The van der Waals surface area contributed by atoms with Crippen LogP contribution in [0.4, 0.5) is 0 Å². The zero-order valence-electron chi connectivity index (χ0n) is 9.24. The lowest BCUT2D eigenvalue weighted by atomic mass is 10.1. The van der Waals surface area contributed by atoms with Gasteiger partial charge in [-0.15, -0.1) is 0 Å². The summed E-state index contributed by atoms with van der Waals surface area (Å²) in [5.74, 6) is 0. The van der Waals surface area contributed by atoms with Crippen molar-refractivity contribution in [2.75, 3.05) is 13.2 Å². The van der Waals surface area contributed by atoms with E-state index in [-0.39, 0.29) is 6.61 Å². The van der Waals surface area contributed by atoms with Crippen LogP contribution in [0.1, 0.15) is 18.9 Å². The van der Waals surface area contributed by atoms with Crippen LogP contribution in [-0.4, -0.2) is 24.3 Å². The lowest BCUT2D eigenvalue weighted by Crippen LogP contribution is -2.28. The van der Waals surface area contributed by atoms with E-state index in [0.29, 0.717) is 6.04 Å². The van der Waals surface area contributed by atoms with Crippen molar-refractivity contribution in [1.29, 1.82) is 0 Å². The molecular weight excluding hydrogens is 186 g/mol. The Morgan fingerprint density at radius 1 is 1.40 bits per heavy atom. The first-order chi connectivity index (χ1) is 7.24. The Morgan fingerprint density at radius 3 is 2.67 bits per heavy atom. The summed E-state index contributed by atoms with van der Waals surface area (Å²) in [5, 5.41) is 12.1. The van der Waals surface area contributed by atoms with E-state index >= 15 is 0 Å². The van der Waals surface area contributed by atoms with Gasteiger partial charge in [0, 0.05) is 19.2 Å². The molecule has 1 rings (SSSR count). The zero-order chi connectivity index (χ0) is 11.1. The van der Waals surface area contributed by atoms with Gasteiger partial charge in [0.2, 0.25) is 0 Å². The monoisotopic (exact) mass is 205 g/mol. The standard InChI is InChI=1S/C13H19NO/c1-11(10-14-12(2)8-9-15)13-6-4-3-5-7-13/h3-7,12,14-15H,1,8-10H2,2H3. The largest absolute Gasteiger partial charge is 0.396 e. The number of aliphatic hydroxyl groups excluding tert-OH is 1. The Bertz CT molecular complexity index is 295. The molecule has 1 aromatic carbocycles. The van der Waals surface area contributed by atoms with Crippen molar-refractivity contribution in [3.05, 3.63) is 42.5 Å². The molecule has 0 saturated carbocycles. The molecule has 0 saturated heterocycles. The van der Waals surface area contributed by atoms with Gasteiger partial charge >= 0.3 is 0 Å². The minimum atomic E-state index is 0.228. The second kappa shape index (κ2) is 6.38. The number of hydrogen-bond donors (Lipinski definition) is 2. The van der Waals surface area contributed by atoms with E-state index < -0.39 is 0 Å². The van der Waals surface area contributed by atoms with Gasteiger partial charge in [0.1, 0.15) is 0 Å². The van der Waals surface area contributed by atoms with Crippen molar-refractivity contribution < 1.29 is 5.11 Å². The third kappa shape index (κ3) is 4.28. The average Bonchev–Trinajstić information content (AvgIpc) is 2.27. The summed E-state index contributed by atoms with van der Waals surface area (Å²) in [7, 11) is 0. The van der Waals surface area contributed by atoms with Gasteiger partial charge in [0.15, 0.2) is 0 Å². The topological polar surface area (TPSA) is 32.3 Å². The lowest BCUT2D eigenvalue weighted by molar-refractivity contribution is 0.271. The Kier molecular flexibility index (Phi) is 5.08. The molecule has 0 heterocycles. The van der Waals surface area contributed by atoms with Crippen LogP contribution in [0, 0.1) is 0 Å². The minimum absolute atomic E-state index is 0.228. The van der Waals surface area contributed by atoms with Gasteiger partial charge in [0.25, 0.3) is 0 Å². The number of rotatable bonds is 6. The zero-order valence-corrected chi connectivity index (χ0v) is 9.24. The van der Waals surface area contributed by atoms with Gasteiger partial charge in [-0.25, -0.2) is 0 Å².